The Bertz CT molecular complexity index is 433. The standard InChI is InChI=1S/C16H26N4/c1-19(11-13-5-3-4-8-18-13)16(12-17)9-14-6-7-15(10-16)20(14)2/h3-5,8,14-15H,6-7,9-12,17H2,1-2H3. The maximum absolute atomic E-state index is 6.21. The van der Waals surface area contributed by atoms with E-state index in [9.17, 15) is 0 Å². The monoisotopic (exact) mass is 274 g/mol. The van der Waals surface area contributed by atoms with E-state index in [1.54, 1.807) is 0 Å². The van der Waals surface area contributed by atoms with Crippen molar-refractivity contribution in [3.8, 4) is 0 Å². The molecule has 0 aromatic carbocycles. The van der Waals surface area contributed by atoms with Gasteiger partial charge in [0.25, 0.3) is 0 Å². The van der Waals surface area contributed by atoms with Crippen molar-refractivity contribution in [3.63, 3.8) is 0 Å². The topological polar surface area (TPSA) is 45.4 Å². The minimum Gasteiger partial charge on any atom is -0.329 e. The molecular weight excluding hydrogens is 248 g/mol. The molecule has 1 aromatic rings. The lowest BCUT2D eigenvalue weighted by Gasteiger charge is -2.49. The molecule has 3 heterocycles. The van der Waals surface area contributed by atoms with Crippen LogP contribution in [0.2, 0.25) is 0 Å². The van der Waals surface area contributed by atoms with Crippen LogP contribution >= 0.6 is 0 Å². The first-order chi connectivity index (χ1) is 9.64. The maximum Gasteiger partial charge on any atom is 0.0544 e. The summed E-state index contributed by atoms with van der Waals surface area (Å²) < 4.78 is 0. The highest BCUT2D eigenvalue weighted by Gasteiger charge is 2.48. The average Bonchev–Trinajstić information content (AvgIpc) is 2.70. The SMILES string of the molecule is CN1C2CCC1CC(CN)(N(C)Cc1ccccn1)C2. The predicted octanol–water partition coefficient (Wildman–Crippen LogP) is 1.47. The Balaban J connectivity index is 1.76. The highest BCUT2D eigenvalue weighted by atomic mass is 15.3. The van der Waals surface area contributed by atoms with E-state index in [0.29, 0.717) is 12.1 Å². The summed E-state index contributed by atoms with van der Waals surface area (Å²) in [6, 6.07) is 7.55. The summed E-state index contributed by atoms with van der Waals surface area (Å²) >= 11 is 0. The third kappa shape index (κ3) is 2.36. The highest BCUT2D eigenvalue weighted by Crippen LogP contribution is 2.42. The minimum atomic E-state index is 0.149. The van der Waals surface area contributed by atoms with Gasteiger partial charge in [-0.25, -0.2) is 0 Å². The third-order valence-electron chi connectivity index (χ3n) is 5.53. The number of hydrogen-bond donors (Lipinski definition) is 1. The highest BCUT2D eigenvalue weighted by molar-refractivity contribution is 5.09. The number of likely N-dealkylation sites (N-methyl/N-ethyl adjacent to an activating group) is 1. The van der Waals surface area contributed by atoms with Crippen molar-refractivity contribution in [1.82, 2.24) is 14.8 Å². The van der Waals surface area contributed by atoms with Crippen molar-refractivity contribution in [1.29, 1.82) is 0 Å². The van der Waals surface area contributed by atoms with Crippen LogP contribution in [0.4, 0.5) is 0 Å². The summed E-state index contributed by atoms with van der Waals surface area (Å²) in [6.07, 6.45) is 6.93. The molecule has 2 atom stereocenters. The van der Waals surface area contributed by atoms with E-state index >= 15 is 0 Å². The molecule has 0 saturated carbocycles. The third-order valence-corrected chi connectivity index (χ3v) is 5.53. The Hall–Kier alpha value is -0.970. The van der Waals surface area contributed by atoms with Gasteiger partial charge in [0, 0.05) is 36.9 Å². The normalized spacial score (nSPS) is 33.8. The molecule has 0 aliphatic carbocycles. The number of fused-ring (bicyclic) bond motifs is 2. The number of rotatable bonds is 4. The molecule has 2 unspecified atom stereocenters. The molecule has 2 saturated heterocycles. The Morgan fingerprint density at radius 3 is 2.60 bits per heavy atom. The Morgan fingerprint density at radius 1 is 1.35 bits per heavy atom. The first-order valence-electron chi connectivity index (χ1n) is 7.68. The zero-order valence-corrected chi connectivity index (χ0v) is 12.6. The van der Waals surface area contributed by atoms with Gasteiger partial charge in [-0.05, 0) is 51.9 Å². The molecule has 2 bridgehead atoms. The Labute approximate surface area is 122 Å². The van der Waals surface area contributed by atoms with Crippen LogP contribution in [0.15, 0.2) is 24.4 Å². The lowest BCUT2D eigenvalue weighted by molar-refractivity contribution is 0.0112. The lowest BCUT2D eigenvalue weighted by Crippen LogP contribution is -2.60. The lowest BCUT2D eigenvalue weighted by atomic mass is 9.81. The zero-order chi connectivity index (χ0) is 14.2. The van der Waals surface area contributed by atoms with Crippen molar-refractivity contribution >= 4 is 0 Å². The summed E-state index contributed by atoms with van der Waals surface area (Å²) in [5.74, 6) is 0. The molecule has 20 heavy (non-hydrogen) atoms. The van der Waals surface area contributed by atoms with Crippen LogP contribution in [-0.4, -0.2) is 53.0 Å². The van der Waals surface area contributed by atoms with E-state index in [-0.39, 0.29) is 5.54 Å². The first kappa shape index (κ1) is 14.0. The summed E-state index contributed by atoms with van der Waals surface area (Å²) in [7, 11) is 4.49. The number of hydrogen-bond acceptors (Lipinski definition) is 4. The summed E-state index contributed by atoms with van der Waals surface area (Å²) in [5.41, 5.74) is 7.49. The molecule has 0 radical (unpaired) electrons. The number of aromatic nitrogens is 1. The maximum atomic E-state index is 6.21. The van der Waals surface area contributed by atoms with Crippen molar-refractivity contribution in [3.05, 3.63) is 30.1 Å². The Morgan fingerprint density at radius 2 is 2.05 bits per heavy atom. The fourth-order valence-electron chi connectivity index (χ4n) is 4.08. The summed E-state index contributed by atoms with van der Waals surface area (Å²) in [5, 5.41) is 0. The molecule has 0 amide bonds. The van der Waals surface area contributed by atoms with Gasteiger partial charge in [-0.3, -0.25) is 9.88 Å². The van der Waals surface area contributed by atoms with E-state index in [0.717, 1.165) is 18.8 Å². The molecule has 2 aliphatic heterocycles. The van der Waals surface area contributed by atoms with Crippen molar-refractivity contribution < 1.29 is 0 Å². The largest absolute Gasteiger partial charge is 0.329 e. The van der Waals surface area contributed by atoms with Crippen LogP contribution in [0.3, 0.4) is 0 Å². The number of pyridine rings is 1. The molecule has 2 aliphatic rings. The van der Waals surface area contributed by atoms with Gasteiger partial charge >= 0.3 is 0 Å². The Kier molecular flexibility index (Phi) is 3.80. The molecule has 0 spiro atoms. The van der Waals surface area contributed by atoms with Crippen LogP contribution in [0.25, 0.3) is 0 Å². The van der Waals surface area contributed by atoms with Crippen LogP contribution < -0.4 is 5.73 Å². The van der Waals surface area contributed by atoms with Gasteiger partial charge in [-0.15, -0.1) is 0 Å². The number of nitrogens with two attached hydrogens (primary N) is 1. The molecule has 2 N–H and O–H groups in total. The van der Waals surface area contributed by atoms with E-state index in [1.807, 2.05) is 12.3 Å². The quantitative estimate of drug-likeness (QED) is 0.903. The van der Waals surface area contributed by atoms with Crippen molar-refractivity contribution in [2.75, 3.05) is 20.6 Å². The zero-order valence-electron chi connectivity index (χ0n) is 12.6. The molecule has 1 aromatic heterocycles. The molecule has 3 rings (SSSR count). The summed E-state index contributed by atoms with van der Waals surface area (Å²) in [4.78, 5) is 9.48. The van der Waals surface area contributed by atoms with Crippen molar-refractivity contribution in [2.24, 2.45) is 5.73 Å². The van der Waals surface area contributed by atoms with Gasteiger partial charge in [-0.2, -0.15) is 0 Å². The number of nitrogens with zero attached hydrogens (tertiary/aromatic N) is 3. The second kappa shape index (κ2) is 5.43. The molecule has 110 valence electrons. The number of piperidine rings is 1. The van der Waals surface area contributed by atoms with Gasteiger partial charge in [0.1, 0.15) is 0 Å². The van der Waals surface area contributed by atoms with E-state index in [1.165, 1.54) is 25.7 Å². The van der Waals surface area contributed by atoms with E-state index in [2.05, 4.69) is 41.0 Å². The summed E-state index contributed by atoms with van der Waals surface area (Å²) in [6.45, 7) is 1.64. The van der Waals surface area contributed by atoms with E-state index in [4.69, 9.17) is 5.73 Å². The van der Waals surface area contributed by atoms with Crippen LogP contribution in [-0.2, 0) is 6.54 Å². The molecular formula is C16H26N4. The first-order valence-corrected chi connectivity index (χ1v) is 7.68. The van der Waals surface area contributed by atoms with Gasteiger partial charge in [0.15, 0.2) is 0 Å². The second-order valence-corrected chi connectivity index (χ2v) is 6.56. The minimum absolute atomic E-state index is 0.149. The van der Waals surface area contributed by atoms with Crippen LogP contribution in [0, 0.1) is 0 Å². The van der Waals surface area contributed by atoms with Gasteiger partial charge in [0.2, 0.25) is 0 Å². The predicted molar refractivity (Wildman–Crippen MR) is 81.3 cm³/mol. The molecule has 4 heteroatoms. The van der Waals surface area contributed by atoms with Crippen LogP contribution in [0.5, 0.6) is 0 Å². The van der Waals surface area contributed by atoms with Crippen molar-refractivity contribution in [2.45, 2.75) is 49.9 Å². The second-order valence-electron chi connectivity index (χ2n) is 6.56. The fraction of sp³-hybridized carbons (Fsp3) is 0.688. The smallest absolute Gasteiger partial charge is 0.0544 e. The van der Waals surface area contributed by atoms with Crippen LogP contribution in [0.1, 0.15) is 31.4 Å². The van der Waals surface area contributed by atoms with Gasteiger partial charge < -0.3 is 10.6 Å². The fourth-order valence-corrected chi connectivity index (χ4v) is 4.08. The average molecular weight is 274 g/mol. The molecule has 2 fully saturated rings. The molecule has 4 nitrogen and oxygen atoms in total. The van der Waals surface area contributed by atoms with E-state index < -0.39 is 0 Å². The van der Waals surface area contributed by atoms with Gasteiger partial charge in [0.05, 0.1) is 5.69 Å². The van der Waals surface area contributed by atoms with Gasteiger partial charge in [-0.1, -0.05) is 6.07 Å².